The Kier molecular flexibility index (Phi) is 5.33. The maximum atomic E-state index is 13.6. The molecular weight excluding hydrogens is 387 g/mol. The summed E-state index contributed by atoms with van der Waals surface area (Å²) in [5, 5.41) is 4.68. The third kappa shape index (κ3) is 4.27. The van der Waals surface area contributed by atoms with Crippen LogP contribution in [0.4, 0.5) is 4.39 Å². The number of nitrogens with zero attached hydrogens (tertiary/aromatic N) is 1. The molecular formula is C26H23FN4. The van der Waals surface area contributed by atoms with Gasteiger partial charge in [-0.2, -0.15) is 0 Å². The van der Waals surface area contributed by atoms with Gasteiger partial charge in [-0.3, -0.25) is 0 Å². The second kappa shape index (κ2) is 8.58. The number of aromatic amines is 2. The minimum Gasteiger partial charge on any atom is -0.361 e. The van der Waals surface area contributed by atoms with Gasteiger partial charge in [-0.05, 0) is 35.7 Å². The number of fused-ring (bicyclic) bond motifs is 1. The molecule has 5 heteroatoms. The summed E-state index contributed by atoms with van der Waals surface area (Å²) in [4.78, 5) is 11.4. The largest absolute Gasteiger partial charge is 0.361 e. The molecule has 4 nitrogen and oxygen atoms in total. The van der Waals surface area contributed by atoms with E-state index in [1.165, 1.54) is 17.7 Å². The van der Waals surface area contributed by atoms with Crippen LogP contribution < -0.4 is 5.32 Å². The third-order valence-corrected chi connectivity index (χ3v) is 5.55. The van der Waals surface area contributed by atoms with Crippen LogP contribution in [-0.4, -0.2) is 15.0 Å². The molecule has 0 unspecified atom stereocenters. The zero-order valence-corrected chi connectivity index (χ0v) is 17.0. The van der Waals surface area contributed by atoms with Crippen molar-refractivity contribution in [2.75, 3.05) is 0 Å². The summed E-state index contributed by atoms with van der Waals surface area (Å²) >= 11 is 0. The van der Waals surface area contributed by atoms with Gasteiger partial charge in [0.1, 0.15) is 11.6 Å². The van der Waals surface area contributed by atoms with Crippen LogP contribution >= 0.6 is 0 Å². The zero-order valence-electron chi connectivity index (χ0n) is 17.0. The second-order valence-electron chi connectivity index (χ2n) is 7.66. The van der Waals surface area contributed by atoms with E-state index in [2.05, 4.69) is 39.6 Å². The number of aromatic nitrogens is 3. The Bertz CT molecular complexity index is 1270. The van der Waals surface area contributed by atoms with E-state index < -0.39 is 0 Å². The first-order valence-electron chi connectivity index (χ1n) is 10.4. The van der Waals surface area contributed by atoms with Crippen molar-refractivity contribution < 1.29 is 4.39 Å². The van der Waals surface area contributed by atoms with E-state index in [9.17, 15) is 4.39 Å². The lowest BCUT2D eigenvalue weighted by Crippen LogP contribution is -2.24. The molecule has 0 spiro atoms. The summed E-state index contributed by atoms with van der Waals surface area (Å²) < 4.78 is 13.6. The lowest BCUT2D eigenvalue weighted by Gasteiger charge is -2.17. The van der Waals surface area contributed by atoms with E-state index in [-0.39, 0.29) is 11.9 Å². The molecule has 3 N–H and O–H groups in total. The Morgan fingerprint density at radius 3 is 2.45 bits per heavy atom. The van der Waals surface area contributed by atoms with Crippen LogP contribution in [0.5, 0.6) is 0 Å². The smallest absolute Gasteiger partial charge is 0.125 e. The quantitative estimate of drug-likeness (QED) is 0.319. The molecule has 5 rings (SSSR count). The van der Waals surface area contributed by atoms with E-state index in [1.54, 1.807) is 0 Å². The molecule has 0 fully saturated rings. The van der Waals surface area contributed by atoms with Gasteiger partial charge in [0.05, 0.1) is 11.7 Å². The van der Waals surface area contributed by atoms with E-state index in [1.807, 2.05) is 54.9 Å². The van der Waals surface area contributed by atoms with Crippen LogP contribution in [0, 0.1) is 5.82 Å². The molecule has 0 radical (unpaired) electrons. The number of nitrogens with one attached hydrogen (secondary N) is 3. The van der Waals surface area contributed by atoms with Crippen LogP contribution in [0.3, 0.4) is 0 Å². The number of rotatable bonds is 7. The van der Waals surface area contributed by atoms with Gasteiger partial charge in [-0.25, -0.2) is 9.37 Å². The summed E-state index contributed by atoms with van der Waals surface area (Å²) in [7, 11) is 0. The molecule has 1 atom stereocenters. The molecule has 0 saturated carbocycles. The Morgan fingerprint density at radius 2 is 1.65 bits per heavy atom. The Morgan fingerprint density at radius 1 is 0.871 bits per heavy atom. The van der Waals surface area contributed by atoms with Crippen molar-refractivity contribution in [1.82, 2.24) is 20.3 Å². The maximum absolute atomic E-state index is 13.6. The molecule has 5 aromatic rings. The van der Waals surface area contributed by atoms with Gasteiger partial charge >= 0.3 is 0 Å². The number of imidazole rings is 1. The predicted octanol–water partition coefficient (Wildman–Crippen LogP) is 5.77. The second-order valence-corrected chi connectivity index (χ2v) is 7.66. The molecule has 3 aromatic carbocycles. The van der Waals surface area contributed by atoms with Crippen molar-refractivity contribution in [2.24, 2.45) is 0 Å². The summed E-state index contributed by atoms with van der Waals surface area (Å²) in [6, 6.07) is 25.3. The van der Waals surface area contributed by atoms with Crippen LogP contribution in [0.2, 0.25) is 0 Å². The van der Waals surface area contributed by atoms with E-state index in [0.717, 1.165) is 46.5 Å². The molecule has 154 valence electrons. The van der Waals surface area contributed by atoms with Crippen molar-refractivity contribution in [3.8, 4) is 11.3 Å². The fourth-order valence-electron chi connectivity index (χ4n) is 3.92. The van der Waals surface area contributed by atoms with E-state index >= 15 is 0 Å². The van der Waals surface area contributed by atoms with Crippen molar-refractivity contribution in [1.29, 1.82) is 0 Å². The van der Waals surface area contributed by atoms with Gasteiger partial charge in [0.25, 0.3) is 0 Å². The third-order valence-electron chi connectivity index (χ3n) is 5.55. The van der Waals surface area contributed by atoms with E-state index in [0.29, 0.717) is 0 Å². The predicted molar refractivity (Wildman–Crippen MR) is 122 cm³/mol. The van der Waals surface area contributed by atoms with Crippen LogP contribution in [0.25, 0.3) is 22.2 Å². The summed E-state index contributed by atoms with van der Waals surface area (Å²) in [5.41, 5.74) is 5.14. The van der Waals surface area contributed by atoms with Gasteiger partial charge in [0, 0.05) is 35.4 Å². The highest BCUT2D eigenvalue weighted by Gasteiger charge is 2.18. The van der Waals surface area contributed by atoms with Crippen molar-refractivity contribution in [2.45, 2.75) is 19.0 Å². The summed E-state index contributed by atoms with van der Waals surface area (Å²) in [5.74, 6) is 0.643. The van der Waals surface area contributed by atoms with Gasteiger partial charge in [-0.1, -0.05) is 60.7 Å². The number of benzene rings is 3. The SMILES string of the molecule is Fc1ccc2c(C[C@@H](NCc3ccccc3)c3nc(-c4ccccc4)c[nH]3)c[nH]c2c1. The van der Waals surface area contributed by atoms with Gasteiger partial charge in [-0.15, -0.1) is 0 Å². The highest BCUT2D eigenvalue weighted by Crippen LogP contribution is 2.26. The summed E-state index contributed by atoms with van der Waals surface area (Å²) in [6.45, 7) is 0.726. The van der Waals surface area contributed by atoms with Gasteiger partial charge in [0.15, 0.2) is 0 Å². The highest BCUT2D eigenvalue weighted by molar-refractivity contribution is 5.83. The van der Waals surface area contributed by atoms with Gasteiger partial charge in [0.2, 0.25) is 0 Å². The number of halogens is 1. The normalized spacial score (nSPS) is 12.3. The fraction of sp³-hybridized carbons (Fsp3) is 0.115. The molecule has 0 aliphatic carbocycles. The Hall–Kier alpha value is -3.70. The lowest BCUT2D eigenvalue weighted by atomic mass is 10.0. The molecule has 0 amide bonds. The molecule has 0 aliphatic heterocycles. The Balaban J connectivity index is 1.44. The average molecular weight is 410 g/mol. The van der Waals surface area contributed by atoms with E-state index in [4.69, 9.17) is 4.98 Å². The standard InChI is InChI=1S/C26H23FN4/c27-21-11-12-22-20(16-29-23(22)14-21)13-24(28-15-18-7-3-1-4-8-18)26-30-17-25(31-26)19-9-5-2-6-10-19/h1-12,14,16-17,24,28-29H,13,15H2,(H,30,31)/t24-/m1/s1. The highest BCUT2D eigenvalue weighted by atomic mass is 19.1. The maximum Gasteiger partial charge on any atom is 0.125 e. The molecule has 2 heterocycles. The Labute approximate surface area is 180 Å². The van der Waals surface area contributed by atoms with Crippen LogP contribution in [0.15, 0.2) is 91.3 Å². The summed E-state index contributed by atoms with van der Waals surface area (Å²) in [6.07, 6.45) is 4.63. The molecule has 0 saturated heterocycles. The van der Waals surface area contributed by atoms with Crippen molar-refractivity contribution >= 4 is 10.9 Å². The number of H-pyrrole nitrogens is 2. The number of hydrogen-bond acceptors (Lipinski definition) is 2. The first-order chi connectivity index (χ1) is 15.3. The molecule has 31 heavy (non-hydrogen) atoms. The minimum absolute atomic E-state index is 0.0262. The van der Waals surface area contributed by atoms with Crippen molar-refractivity contribution in [3.63, 3.8) is 0 Å². The molecule has 2 aromatic heterocycles. The van der Waals surface area contributed by atoms with Crippen LogP contribution in [0.1, 0.15) is 23.0 Å². The first-order valence-corrected chi connectivity index (χ1v) is 10.4. The number of hydrogen-bond donors (Lipinski definition) is 3. The fourth-order valence-corrected chi connectivity index (χ4v) is 3.92. The lowest BCUT2D eigenvalue weighted by molar-refractivity contribution is 0.510. The topological polar surface area (TPSA) is 56.5 Å². The molecule has 0 aliphatic rings. The average Bonchev–Trinajstić information content (AvgIpc) is 3.45. The monoisotopic (exact) mass is 410 g/mol. The van der Waals surface area contributed by atoms with Crippen LogP contribution in [-0.2, 0) is 13.0 Å². The first kappa shape index (κ1) is 19.3. The minimum atomic E-state index is -0.238. The van der Waals surface area contributed by atoms with Gasteiger partial charge < -0.3 is 15.3 Å². The zero-order chi connectivity index (χ0) is 21.0. The van der Waals surface area contributed by atoms with Crippen molar-refractivity contribution in [3.05, 3.63) is 114 Å². The molecule has 0 bridgehead atoms.